The number of hydrogen-bond acceptors (Lipinski definition) is 5. The number of para-hydroxylation sites is 1. The van der Waals surface area contributed by atoms with E-state index in [1.807, 2.05) is 34.5 Å². The smallest absolute Gasteiger partial charge is 0.317 e. The van der Waals surface area contributed by atoms with Gasteiger partial charge in [-0.3, -0.25) is 0 Å². The number of aromatic nitrogens is 1. The van der Waals surface area contributed by atoms with Gasteiger partial charge < -0.3 is 15.1 Å². The zero-order valence-electron chi connectivity index (χ0n) is 13.3. The van der Waals surface area contributed by atoms with Gasteiger partial charge in [-0.05, 0) is 18.6 Å². The van der Waals surface area contributed by atoms with Crippen molar-refractivity contribution < 1.29 is 4.79 Å². The van der Waals surface area contributed by atoms with E-state index in [9.17, 15) is 10.1 Å². The van der Waals surface area contributed by atoms with E-state index < -0.39 is 0 Å². The summed E-state index contributed by atoms with van der Waals surface area (Å²) in [4.78, 5) is 20.5. The van der Waals surface area contributed by atoms with Crippen molar-refractivity contribution in [2.75, 3.05) is 31.1 Å². The molecule has 1 aliphatic heterocycles. The van der Waals surface area contributed by atoms with Gasteiger partial charge in [-0.15, -0.1) is 11.3 Å². The molecule has 6 nitrogen and oxygen atoms in total. The number of nitriles is 1. The molecule has 124 valence electrons. The monoisotopic (exact) mass is 341 g/mol. The van der Waals surface area contributed by atoms with Gasteiger partial charge in [0.2, 0.25) is 0 Å². The number of urea groups is 1. The fraction of sp³-hybridized carbons (Fsp3) is 0.353. The Bertz CT molecular complexity index is 725. The summed E-state index contributed by atoms with van der Waals surface area (Å²) in [6.45, 7) is 3.39. The van der Waals surface area contributed by atoms with Crippen molar-refractivity contribution in [1.29, 1.82) is 5.26 Å². The zero-order chi connectivity index (χ0) is 16.8. The highest BCUT2D eigenvalue weighted by Crippen LogP contribution is 2.21. The third-order valence-corrected chi connectivity index (χ3v) is 4.80. The molecule has 24 heavy (non-hydrogen) atoms. The predicted molar refractivity (Wildman–Crippen MR) is 93.9 cm³/mol. The van der Waals surface area contributed by atoms with E-state index in [2.05, 4.69) is 21.3 Å². The first-order chi connectivity index (χ1) is 11.8. The summed E-state index contributed by atoms with van der Waals surface area (Å²) in [7, 11) is 0. The van der Waals surface area contributed by atoms with E-state index in [0.717, 1.165) is 36.8 Å². The molecule has 7 heteroatoms. The van der Waals surface area contributed by atoms with E-state index >= 15 is 0 Å². The van der Waals surface area contributed by atoms with Crippen LogP contribution in [0.5, 0.6) is 0 Å². The molecule has 0 atom stereocenters. The third-order valence-electron chi connectivity index (χ3n) is 4.02. The molecule has 0 spiro atoms. The van der Waals surface area contributed by atoms with Crippen molar-refractivity contribution in [1.82, 2.24) is 15.2 Å². The second-order valence-electron chi connectivity index (χ2n) is 5.54. The van der Waals surface area contributed by atoms with Crippen molar-refractivity contribution in [3.63, 3.8) is 0 Å². The Morgan fingerprint density at radius 2 is 2.17 bits per heavy atom. The molecule has 1 aromatic carbocycles. The fourth-order valence-electron chi connectivity index (χ4n) is 2.81. The van der Waals surface area contributed by atoms with Crippen LogP contribution in [0.15, 0.2) is 35.8 Å². The summed E-state index contributed by atoms with van der Waals surface area (Å²) in [5, 5.41) is 15.0. The van der Waals surface area contributed by atoms with Crippen LogP contribution in [0.4, 0.5) is 10.5 Å². The molecule has 1 aromatic heterocycles. The standard InChI is InChI=1S/C17H19N5OS/c18-12-14-4-1-2-5-15(14)21-7-3-8-22(10-9-21)17(23)20-13-16-19-6-11-24-16/h1-2,4-6,11H,3,7-10,13H2,(H,20,23). The molecule has 2 heterocycles. The van der Waals surface area contributed by atoms with Gasteiger partial charge in [-0.1, -0.05) is 12.1 Å². The maximum atomic E-state index is 12.3. The Morgan fingerprint density at radius 3 is 2.96 bits per heavy atom. The highest BCUT2D eigenvalue weighted by Gasteiger charge is 2.20. The average molecular weight is 341 g/mol. The van der Waals surface area contributed by atoms with Crippen molar-refractivity contribution in [3.05, 3.63) is 46.4 Å². The Kier molecular flexibility index (Phi) is 5.29. The predicted octanol–water partition coefficient (Wildman–Crippen LogP) is 2.44. The number of nitrogens with one attached hydrogen (secondary N) is 1. The minimum absolute atomic E-state index is 0.0550. The summed E-state index contributed by atoms with van der Waals surface area (Å²) in [5.41, 5.74) is 1.63. The quantitative estimate of drug-likeness (QED) is 0.931. The minimum atomic E-state index is -0.0550. The van der Waals surface area contributed by atoms with Gasteiger partial charge in [0.25, 0.3) is 0 Å². The molecule has 2 aromatic rings. The number of amides is 2. The molecule has 0 saturated carbocycles. The van der Waals surface area contributed by atoms with E-state index in [1.54, 1.807) is 6.20 Å². The average Bonchev–Trinajstić information content (AvgIpc) is 3.02. The highest BCUT2D eigenvalue weighted by atomic mass is 32.1. The second-order valence-corrected chi connectivity index (χ2v) is 6.52. The lowest BCUT2D eigenvalue weighted by Gasteiger charge is -2.24. The van der Waals surface area contributed by atoms with E-state index in [-0.39, 0.29) is 6.03 Å². The lowest BCUT2D eigenvalue weighted by molar-refractivity contribution is 0.201. The molecule has 1 saturated heterocycles. The van der Waals surface area contributed by atoms with Crippen molar-refractivity contribution in [2.45, 2.75) is 13.0 Å². The van der Waals surface area contributed by atoms with Gasteiger partial charge in [0.15, 0.2) is 0 Å². The summed E-state index contributed by atoms with van der Waals surface area (Å²) in [6.07, 6.45) is 2.62. The van der Waals surface area contributed by atoms with Crippen molar-refractivity contribution >= 4 is 23.1 Å². The Morgan fingerprint density at radius 1 is 1.29 bits per heavy atom. The fourth-order valence-corrected chi connectivity index (χ4v) is 3.36. The molecule has 0 aliphatic carbocycles. The van der Waals surface area contributed by atoms with Crippen molar-refractivity contribution in [2.24, 2.45) is 0 Å². The molecule has 0 radical (unpaired) electrons. The maximum absolute atomic E-state index is 12.3. The number of thiazole rings is 1. The SMILES string of the molecule is N#Cc1ccccc1N1CCCN(C(=O)NCc2nccs2)CC1. The number of nitrogens with zero attached hydrogens (tertiary/aromatic N) is 4. The van der Waals surface area contributed by atoms with Gasteiger partial charge in [0.05, 0.1) is 17.8 Å². The van der Waals surface area contributed by atoms with Crippen LogP contribution in [-0.2, 0) is 6.54 Å². The van der Waals surface area contributed by atoms with Crippen LogP contribution in [0, 0.1) is 11.3 Å². The number of carbonyl (C=O) groups excluding carboxylic acids is 1. The first-order valence-electron chi connectivity index (χ1n) is 7.93. The molecular formula is C17H19N5OS. The van der Waals surface area contributed by atoms with Gasteiger partial charge in [-0.2, -0.15) is 5.26 Å². The van der Waals surface area contributed by atoms with Gasteiger partial charge >= 0.3 is 6.03 Å². The zero-order valence-corrected chi connectivity index (χ0v) is 14.1. The van der Waals surface area contributed by atoms with Crippen LogP contribution in [-0.4, -0.2) is 42.1 Å². The second kappa shape index (κ2) is 7.79. The molecular weight excluding hydrogens is 322 g/mol. The Hall–Kier alpha value is -2.59. The molecule has 3 rings (SSSR count). The van der Waals surface area contributed by atoms with Gasteiger partial charge in [0, 0.05) is 37.8 Å². The van der Waals surface area contributed by atoms with Crippen LogP contribution in [0.25, 0.3) is 0 Å². The molecule has 0 bridgehead atoms. The lowest BCUT2D eigenvalue weighted by Crippen LogP contribution is -2.41. The van der Waals surface area contributed by atoms with E-state index in [1.165, 1.54) is 11.3 Å². The van der Waals surface area contributed by atoms with Crippen LogP contribution in [0.2, 0.25) is 0 Å². The number of rotatable bonds is 3. The number of carbonyl (C=O) groups is 1. The summed E-state index contributed by atoms with van der Waals surface area (Å²) in [6, 6.07) is 9.81. The Balaban J connectivity index is 1.58. The molecule has 0 unspecified atom stereocenters. The largest absolute Gasteiger partial charge is 0.369 e. The van der Waals surface area contributed by atoms with Crippen LogP contribution < -0.4 is 10.2 Å². The van der Waals surface area contributed by atoms with Gasteiger partial charge in [0.1, 0.15) is 11.1 Å². The lowest BCUT2D eigenvalue weighted by atomic mass is 10.1. The van der Waals surface area contributed by atoms with Gasteiger partial charge in [-0.25, -0.2) is 9.78 Å². The van der Waals surface area contributed by atoms with Crippen LogP contribution >= 0.6 is 11.3 Å². The Labute approximate surface area is 145 Å². The number of benzene rings is 1. The van der Waals surface area contributed by atoms with Crippen LogP contribution in [0.3, 0.4) is 0 Å². The maximum Gasteiger partial charge on any atom is 0.317 e. The molecule has 1 fully saturated rings. The summed E-state index contributed by atoms with van der Waals surface area (Å²) in [5.74, 6) is 0. The first kappa shape index (κ1) is 16.3. The topological polar surface area (TPSA) is 72.3 Å². The first-order valence-corrected chi connectivity index (χ1v) is 8.81. The number of anilines is 1. The number of hydrogen-bond donors (Lipinski definition) is 1. The normalized spacial score (nSPS) is 14.8. The molecule has 1 aliphatic rings. The van der Waals surface area contributed by atoms with E-state index in [4.69, 9.17) is 0 Å². The van der Waals surface area contributed by atoms with E-state index in [0.29, 0.717) is 18.7 Å². The molecule has 2 amide bonds. The molecule has 1 N–H and O–H groups in total. The third kappa shape index (κ3) is 3.84. The van der Waals surface area contributed by atoms with Crippen LogP contribution in [0.1, 0.15) is 17.0 Å². The van der Waals surface area contributed by atoms with Crippen molar-refractivity contribution in [3.8, 4) is 6.07 Å². The summed E-state index contributed by atoms with van der Waals surface area (Å²) >= 11 is 1.53. The minimum Gasteiger partial charge on any atom is -0.369 e. The summed E-state index contributed by atoms with van der Waals surface area (Å²) < 4.78 is 0. The highest BCUT2D eigenvalue weighted by molar-refractivity contribution is 7.09.